The van der Waals surface area contributed by atoms with Crippen molar-refractivity contribution in [1.82, 2.24) is 4.98 Å². The molecule has 0 bridgehead atoms. The van der Waals surface area contributed by atoms with Crippen LogP contribution in [0, 0.1) is 11.3 Å². The van der Waals surface area contributed by atoms with Crippen LogP contribution >= 0.6 is 22.9 Å². The number of aromatic nitrogens is 1. The number of anilines is 1. The van der Waals surface area contributed by atoms with Gasteiger partial charge in [-0.1, -0.05) is 36.3 Å². The number of nitrogens with one attached hydrogen (secondary N) is 1. The van der Waals surface area contributed by atoms with Gasteiger partial charge in [0.25, 0.3) is 0 Å². The SMILES string of the molecule is CCCC(CN)Nc1nc(Cl)c(C#N)s1. The first-order valence-corrected chi connectivity index (χ1v) is 5.93. The molecule has 0 saturated carbocycles. The number of hydrogen-bond acceptors (Lipinski definition) is 5. The Kier molecular flexibility index (Phi) is 4.82. The Morgan fingerprint density at radius 3 is 2.93 bits per heavy atom. The first kappa shape index (κ1) is 12.2. The van der Waals surface area contributed by atoms with Crippen molar-refractivity contribution in [3.05, 3.63) is 10.0 Å². The zero-order chi connectivity index (χ0) is 11.3. The third kappa shape index (κ3) is 3.34. The fourth-order valence-corrected chi connectivity index (χ4v) is 2.23. The fourth-order valence-electron chi connectivity index (χ4n) is 1.20. The normalized spacial score (nSPS) is 12.1. The summed E-state index contributed by atoms with van der Waals surface area (Å²) in [7, 11) is 0. The average molecular weight is 245 g/mol. The molecular formula is C9H13ClN4S. The predicted octanol–water partition coefficient (Wildman–Crippen LogP) is 2.21. The van der Waals surface area contributed by atoms with Crippen LogP contribution in [-0.4, -0.2) is 17.6 Å². The van der Waals surface area contributed by atoms with Gasteiger partial charge in [0.2, 0.25) is 0 Å². The lowest BCUT2D eigenvalue weighted by atomic mass is 10.2. The summed E-state index contributed by atoms with van der Waals surface area (Å²) < 4.78 is 0. The molecule has 0 aromatic carbocycles. The summed E-state index contributed by atoms with van der Waals surface area (Å²) >= 11 is 7.01. The number of hydrogen-bond donors (Lipinski definition) is 2. The Morgan fingerprint density at radius 1 is 1.73 bits per heavy atom. The van der Waals surface area contributed by atoms with E-state index < -0.39 is 0 Å². The molecule has 0 aliphatic carbocycles. The van der Waals surface area contributed by atoms with Crippen LogP contribution in [-0.2, 0) is 0 Å². The van der Waals surface area contributed by atoms with E-state index in [0.29, 0.717) is 16.6 Å². The van der Waals surface area contributed by atoms with Crippen LogP contribution in [0.4, 0.5) is 5.13 Å². The molecule has 4 nitrogen and oxygen atoms in total. The van der Waals surface area contributed by atoms with E-state index in [0.717, 1.165) is 12.8 Å². The quantitative estimate of drug-likeness (QED) is 0.833. The van der Waals surface area contributed by atoms with Crippen LogP contribution in [0.3, 0.4) is 0 Å². The molecule has 0 radical (unpaired) electrons. The molecule has 0 saturated heterocycles. The van der Waals surface area contributed by atoms with Crippen molar-refractivity contribution >= 4 is 28.1 Å². The molecule has 1 aromatic heterocycles. The highest BCUT2D eigenvalue weighted by atomic mass is 35.5. The molecule has 3 N–H and O–H groups in total. The van der Waals surface area contributed by atoms with Gasteiger partial charge in [-0.2, -0.15) is 5.26 Å². The second-order valence-electron chi connectivity index (χ2n) is 3.12. The van der Waals surface area contributed by atoms with Crippen molar-refractivity contribution < 1.29 is 0 Å². The molecule has 1 aromatic rings. The predicted molar refractivity (Wildman–Crippen MR) is 63.2 cm³/mol. The molecule has 1 atom stereocenters. The first-order valence-electron chi connectivity index (χ1n) is 4.74. The third-order valence-corrected chi connectivity index (χ3v) is 3.21. The molecular weight excluding hydrogens is 232 g/mol. The molecule has 82 valence electrons. The maximum Gasteiger partial charge on any atom is 0.185 e. The van der Waals surface area contributed by atoms with Crippen molar-refractivity contribution in [2.24, 2.45) is 5.73 Å². The van der Waals surface area contributed by atoms with Crippen molar-refractivity contribution in [3.8, 4) is 6.07 Å². The molecule has 15 heavy (non-hydrogen) atoms. The Hall–Kier alpha value is -0.830. The number of nitriles is 1. The Morgan fingerprint density at radius 2 is 2.47 bits per heavy atom. The largest absolute Gasteiger partial charge is 0.357 e. The van der Waals surface area contributed by atoms with Gasteiger partial charge in [0.1, 0.15) is 10.9 Å². The summed E-state index contributed by atoms with van der Waals surface area (Å²) in [5.41, 5.74) is 5.60. The van der Waals surface area contributed by atoms with Crippen LogP contribution in [0.2, 0.25) is 5.15 Å². The fraction of sp³-hybridized carbons (Fsp3) is 0.556. The highest BCUT2D eigenvalue weighted by Crippen LogP contribution is 2.26. The van der Waals surface area contributed by atoms with E-state index in [1.165, 1.54) is 11.3 Å². The van der Waals surface area contributed by atoms with Gasteiger partial charge < -0.3 is 11.1 Å². The second-order valence-corrected chi connectivity index (χ2v) is 4.47. The lowest BCUT2D eigenvalue weighted by Crippen LogP contribution is -2.28. The lowest BCUT2D eigenvalue weighted by Gasteiger charge is -2.14. The molecule has 1 unspecified atom stereocenters. The molecule has 6 heteroatoms. The summed E-state index contributed by atoms with van der Waals surface area (Å²) in [6.07, 6.45) is 2.04. The molecule has 0 aliphatic rings. The van der Waals surface area contributed by atoms with E-state index in [9.17, 15) is 0 Å². The summed E-state index contributed by atoms with van der Waals surface area (Å²) in [6, 6.07) is 2.19. The van der Waals surface area contributed by atoms with E-state index in [1.807, 2.05) is 6.07 Å². The summed E-state index contributed by atoms with van der Waals surface area (Å²) in [6.45, 7) is 2.65. The average Bonchev–Trinajstić information content (AvgIpc) is 2.58. The van der Waals surface area contributed by atoms with Gasteiger partial charge in [0.15, 0.2) is 10.3 Å². The topological polar surface area (TPSA) is 74.7 Å². The number of rotatable bonds is 5. The highest BCUT2D eigenvalue weighted by molar-refractivity contribution is 7.16. The van der Waals surface area contributed by atoms with Crippen molar-refractivity contribution in [2.45, 2.75) is 25.8 Å². The number of halogens is 1. The van der Waals surface area contributed by atoms with E-state index in [4.69, 9.17) is 22.6 Å². The number of thiazole rings is 1. The summed E-state index contributed by atoms with van der Waals surface area (Å²) in [4.78, 5) is 4.48. The third-order valence-electron chi connectivity index (χ3n) is 1.94. The van der Waals surface area contributed by atoms with Crippen LogP contribution in [0.5, 0.6) is 0 Å². The molecule has 0 spiro atoms. The maximum absolute atomic E-state index is 8.71. The first-order chi connectivity index (χ1) is 7.21. The van der Waals surface area contributed by atoms with E-state index in [1.54, 1.807) is 0 Å². The zero-order valence-corrected chi connectivity index (χ0v) is 10.0. The number of nitrogens with two attached hydrogens (primary N) is 1. The van der Waals surface area contributed by atoms with E-state index >= 15 is 0 Å². The van der Waals surface area contributed by atoms with Gasteiger partial charge in [-0.3, -0.25) is 0 Å². The van der Waals surface area contributed by atoms with E-state index in [2.05, 4.69) is 17.2 Å². The Labute approximate surface area is 98.1 Å². The van der Waals surface area contributed by atoms with Gasteiger partial charge in [0, 0.05) is 12.6 Å². The van der Waals surface area contributed by atoms with Crippen LogP contribution in [0.25, 0.3) is 0 Å². The Balaban J connectivity index is 2.67. The summed E-state index contributed by atoms with van der Waals surface area (Å²) in [5.74, 6) is 0. The molecule has 0 aliphatic heterocycles. The van der Waals surface area contributed by atoms with Gasteiger partial charge >= 0.3 is 0 Å². The number of nitrogens with zero attached hydrogens (tertiary/aromatic N) is 2. The van der Waals surface area contributed by atoms with Crippen molar-refractivity contribution in [1.29, 1.82) is 5.26 Å². The molecule has 1 heterocycles. The van der Waals surface area contributed by atoms with Crippen LogP contribution < -0.4 is 11.1 Å². The molecule has 0 amide bonds. The van der Waals surface area contributed by atoms with Crippen LogP contribution in [0.1, 0.15) is 24.6 Å². The summed E-state index contributed by atoms with van der Waals surface area (Å²) in [5, 5.41) is 12.8. The Bertz CT molecular complexity index is 357. The molecule has 0 fully saturated rings. The van der Waals surface area contributed by atoms with Crippen molar-refractivity contribution in [2.75, 3.05) is 11.9 Å². The minimum absolute atomic E-state index is 0.198. The van der Waals surface area contributed by atoms with Crippen LogP contribution in [0.15, 0.2) is 0 Å². The maximum atomic E-state index is 8.71. The van der Waals surface area contributed by atoms with Gasteiger partial charge in [-0.15, -0.1) is 0 Å². The van der Waals surface area contributed by atoms with Gasteiger partial charge in [-0.05, 0) is 6.42 Å². The highest BCUT2D eigenvalue weighted by Gasteiger charge is 2.11. The smallest absolute Gasteiger partial charge is 0.185 e. The second kappa shape index (κ2) is 5.91. The van der Waals surface area contributed by atoms with Crippen molar-refractivity contribution in [3.63, 3.8) is 0 Å². The zero-order valence-electron chi connectivity index (χ0n) is 8.46. The van der Waals surface area contributed by atoms with Gasteiger partial charge in [-0.25, -0.2) is 4.98 Å². The lowest BCUT2D eigenvalue weighted by molar-refractivity contribution is 0.648. The standard InChI is InChI=1S/C9H13ClN4S/c1-2-3-6(4-11)13-9-14-8(10)7(5-12)15-9/h6H,2-4,11H2,1H3,(H,13,14). The minimum atomic E-state index is 0.198. The van der Waals surface area contributed by atoms with Gasteiger partial charge in [0.05, 0.1) is 0 Å². The minimum Gasteiger partial charge on any atom is -0.357 e. The molecule has 1 rings (SSSR count). The monoisotopic (exact) mass is 244 g/mol. The van der Waals surface area contributed by atoms with E-state index in [-0.39, 0.29) is 11.2 Å².